The van der Waals surface area contributed by atoms with Gasteiger partial charge in [-0.15, -0.1) is 0 Å². The summed E-state index contributed by atoms with van der Waals surface area (Å²) in [5.41, 5.74) is 6.27. The standard InChI is InChI=1S/C25H24FN3O3/c1-15-11-16(2)24(17(3)12-15)27-23(30)14-29-20-9-10-28(19-7-5-18(26)6-8-19)21(20)13-22(29)25(31)32-4/h5-13H,14H2,1-4H3,(H,27,30). The molecule has 0 aliphatic rings. The first-order chi connectivity index (χ1) is 15.3. The van der Waals surface area contributed by atoms with Gasteiger partial charge in [0.25, 0.3) is 0 Å². The van der Waals surface area contributed by atoms with E-state index in [0.29, 0.717) is 11.0 Å². The second-order valence-electron chi connectivity index (χ2n) is 7.86. The molecule has 2 heterocycles. The second kappa shape index (κ2) is 8.34. The molecule has 1 amide bonds. The molecule has 0 atom stereocenters. The maximum absolute atomic E-state index is 13.3. The summed E-state index contributed by atoms with van der Waals surface area (Å²) in [4.78, 5) is 25.4. The van der Waals surface area contributed by atoms with Gasteiger partial charge in [-0.2, -0.15) is 0 Å². The van der Waals surface area contributed by atoms with Crippen molar-refractivity contribution >= 4 is 28.6 Å². The number of nitrogens with zero attached hydrogens (tertiary/aromatic N) is 2. The van der Waals surface area contributed by atoms with Gasteiger partial charge in [-0.3, -0.25) is 4.79 Å². The Hall–Kier alpha value is -3.87. The molecule has 164 valence electrons. The van der Waals surface area contributed by atoms with Crippen LogP contribution in [0.1, 0.15) is 27.2 Å². The highest BCUT2D eigenvalue weighted by Crippen LogP contribution is 2.26. The fourth-order valence-electron chi connectivity index (χ4n) is 4.11. The molecule has 7 heteroatoms. The predicted octanol–water partition coefficient (Wildman–Crippen LogP) is 4.92. The third kappa shape index (κ3) is 3.89. The van der Waals surface area contributed by atoms with Crippen LogP contribution in [-0.2, 0) is 16.1 Å². The van der Waals surface area contributed by atoms with Crippen LogP contribution in [0.4, 0.5) is 10.1 Å². The molecule has 0 saturated carbocycles. The zero-order valence-electron chi connectivity index (χ0n) is 18.4. The number of carbonyl (C=O) groups is 2. The van der Waals surface area contributed by atoms with E-state index >= 15 is 0 Å². The molecule has 4 rings (SSSR count). The SMILES string of the molecule is COC(=O)c1cc2c(ccn2-c2ccc(F)cc2)n1CC(=O)Nc1c(C)cc(C)cc1C. The normalized spacial score (nSPS) is 11.0. The van der Waals surface area contributed by atoms with E-state index in [9.17, 15) is 14.0 Å². The molecule has 1 N–H and O–H groups in total. The number of anilines is 1. The fourth-order valence-corrected chi connectivity index (χ4v) is 4.11. The number of methoxy groups -OCH3 is 1. The van der Waals surface area contributed by atoms with E-state index in [0.717, 1.165) is 28.1 Å². The zero-order chi connectivity index (χ0) is 23.0. The average molecular weight is 433 g/mol. The summed E-state index contributed by atoms with van der Waals surface area (Å²) in [5, 5.41) is 2.98. The Morgan fingerprint density at radius 2 is 1.62 bits per heavy atom. The summed E-state index contributed by atoms with van der Waals surface area (Å²) in [5.74, 6) is -1.12. The van der Waals surface area contributed by atoms with Gasteiger partial charge in [0.15, 0.2) is 0 Å². The molecular formula is C25H24FN3O3. The number of nitrogens with one attached hydrogen (secondary N) is 1. The molecule has 4 aromatic rings. The maximum Gasteiger partial charge on any atom is 0.354 e. The highest BCUT2D eigenvalue weighted by atomic mass is 19.1. The van der Waals surface area contributed by atoms with Crippen molar-refractivity contribution in [3.05, 3.63) is 82.9 Å². The van der Waals surface area contributed by atoms with E-state index < -0.39 is 5.97 Å². The van der Waals surface area contributed by atoms with Crippen molar-refractivity contribution in [1.82, 2.24) is 9.13 Å². The van der Waals surface area contributed by atoms with Crippen molar-refractivity contribution in [2.75, 3.05) is 12.4 Å². The number of fused-ring (bicyclic) bond motifs is 1. The number of aromatic nitrogens is 2. The van der Waals surface area contributed by atoms with E-state index in [-0.39, 0.29) is 24.0 Å². The van der Waals surface area contributed by atoms with Gasteiger partial charge in [0, 0.05) is 17.6 Å². The minimum Gasteiger partial charge on any atom is -0.464 e. The summed E-state index contributed by atoms with van der Waals surface area (Å²) in [7, 11) is 1.30. The van der Waals surface area contributed by atoms with Gasteiger partial charge >= 0.3 is 5.97 Å². The summed E-state index contributed by atoms with van der Waals surface area (Å²) >= 11 is 0. The lowest BCUT2D eigenvalue weighted by molar-refractivity contribution is -0.116. The highest BCUT2D eigenvalue weighted by Gasteiger charge is 2.21. The lowest BCUT2D eigenvalue weighted by atomic mass is 10.1. The van der Waals surface area contributed by atoms with Crippen LogP contribution in [0.25, 0.3) is 16.7 Å². The Morgan fingerprint density at radius 1 is 0.969 bits per heavy atom. The number of benzene rings is 2. The van der Waals surface area contributed by atoms with Gasteiger partial charge in [-0.25, -0.2) is 9.18 Å². The van der Waals surface area contributed by atoms with E-state index in [1.165, 1.54) is 19.2 Å². The van der Waals surface area contributed by atoms with Gasteiger partial charge in [0.2, 0.25) is 5.91 Å². The molecule has 0 unspecified atom stereocenters. The summed E-state index contributed by atoms with van der Waals surface area (Å²) < 4.78 is 21.8. The van der Waals surface area contributed by atoms with Crippen LogP contribution in [0, 0.1) is 26.6 Å². The van der Waals surface area contributed by atoms with Gasteiger partial charge in [-0.1, -0.05) is 17.7 Å². The first-order valence-electron chi connectivity index (χ1n) is 10.2. The minimum atomic E-state index is -0.539. The van der Waals surface area contributed by atoms with Crippen LogP contribution >= 0.6 is 0 Å². The average Bonchev–Trinajstić information content (AvgIpc) is 3.31. The van der Waals surface area contributed by atoms with Gasteiger partial charge in [0.05, 0.1) is 18.1 Å². The number of esters is 1. The van der Waals surface area contributed by atoms with E-state index in [1.807, 2.05) is 49.7 Å². The molecule has 0 saturated heterocycles. The van der Waals surface area contributed by atoms with Crippen molar-refractivity contribution in [1.29, 1.82) is 0 Å². The van der Waals surface area contributed by atoms with E-state index in [2.05, 4.69) is 5.32 Å². The monoisotopic (exact) mass is 433 g/mol. The van der Waals surface area contributed by atoms with E-state index in [1.54, 1.807) is 22.8 Å². The Bertz CT molecular complexity index is 1310. The molecule has 0 radical (unpaired) electrons. The molecule has 2 aromatic carbocycles. The van der Waals surface area contributed by atoms with Crippen molar-refractivity contribution in [2.45, 2.75) is 27.3 Å². The van der Waals surface area contributed by atoms with Gasteiger partial charge < -0.3 is 19.2 Å². The molecule has 32 heavy (non-hydrogen) atoms. The summed E-state index contributed by atoms with van der Waals surface area (Å²) in [6.07, 6.45) is 1.82. The molecule has 6 nitrogen and oxygen atoms in total. The molecule has 0 fully saturated rings. The van der Waals surface area contributed by atoms with Crippen molar-refractivity contribution < 1.29 is 18.7 Å². The fraction of sp³-hybridized carbons (Fsp3) is 0.200. The maximum atomic E-state index is 13.3. The molecule has 0 bridgehead atoms. The van der Waals surface area contributed by atoms with Crippen molar-refractivity contribution in [3.8, 4) is 5.69 Å². The van der Waals surface area contributed by atoms with Crippen LogP contribution in [-0.4, -0.2) is 28.1 Å². The summed E-state index contributed by atoms with van der Waals surface area (Å²) in [6.45, 7) is 5.85. The Morgan fingerprint density at radius 3 is 2.25 bits per heavy atom. The van der Waals surface area contributed by atoms with E-state index in [4.69, 9.17) is 4.74 Å². The van der Waals surface area contributed by atoms with Gasteiger partial charge in [-0.05, 0) is 68.3 Å². The number of hydrogen-bond donors (Lipinski definition) is 1. The first-order valence-corrected chi connectivity index (χ1v) is 10.2. The lowest BCUT2D eigenvalue weighted by Gasteiger charge is -2.14. The Kier molecular flexibility index (Phi) is 5.57. The highest BCUT2D eigenvalue weighted by molar-refractivity contribution is 5.98. The predicted molar refractivity (Wildman–Crippen MR) is 122 cm³/mol. The van der Waals surface area contributed by atoms with Gasteiger partial charge in [0.1, 0.15) is 18.1 Å². The molecule has 0 aliphatic carbocycles. The zero-order valence-corrected chi connectivity index (χ0v) is 18.4. The van der Waals surface area contributed by atoms with Crippen molar-refractivity contribution in [3.63, 3.8) is 0 Å². The second-order valence-corrected chi connectivity index (χ2v) is 7.86. The smallest absolute Gasteiger partial charge is 0.354 e. The number of aryl methyl sites for hydroxylation is 3. The molecule has 0 aliphatic heterocycles. The van der Waals surface area contributed by atoms with Crippen LogP contribution in [0.2, 0.25) is 0 Å². The number of carbonyl (C=O) groups excluding carboxylic acids is 2. The minimum absolute atomic E-state index is 0.0614. The number of halogens is 1. The largest absolute Gasteiger partial charge is 0.464 e. The molecule has 2 aromatic heterocycles. The van der Waals surface area contributed by atoms with Crippen molar-refractivity contribution in [2.24, 2.45) is 0 Å². The van der Waals surface area contributed by atoms with Crippen LogP contribution < -0.4 is 5.32 Å². The lowest BCUT2D eigenvalue weighted by Crippen LogP contribution is -2.22. The number of amides is 1. The molecular weight excluding hydrogens is 409 g/mol. The number of ether oxygens (including phenoxy) is 1. The van der Waals surface area contributed by atoms with Crippen LogP contribution in [0.3, 0.4) is 0 Å². The number of rotatable bonds is 5. The summed E-state index contributed by atoms with van der Waals surface area (Å²) in [6, 6.07) is 13.6. The first kappa shape index (κ1) is 21.4. The van der Waals surface area contributed by atoms with Crippen LogP contribution in [0.15, 0.2) is 54.7 Å². The van der Waals surface area contributed by atoms with Crippen LogP contribution in [0.5, 0.6) is 0 Å². The number of hydrogen-bond acceptors (Lipinski definition) is 3. The third-order valence-corrected chi connectivity index (χ3v) is 5.50. The Balaban J connectivity index is 1.72. The third-order valence-electron chi connectivity index (χ3n) is 5.50. The Labute approximate surface area is 185 Å². The molecule has 0 spiro atoms. The quantitative estimate of drug-likeness (QED) is 0.454. The topological polar surface area (TPSA) is 65.3 Å².